The van der Waals surface area contributed by atoms with Gasteiger partial charge in [0.25, 0.3) is 0 Å². The third kappa shape index (κ3) is 5.23. The van der Waals surface area contributed by atoms with Crippen molar-refractivity contribution in [1.82, 2.24) is 20.6 Å². The predicted octanol–water partition coefficient (Wildman–Crippen LogP) is 0.734. The smallest absolute Gasteiger partial charge is 0.407 e. The summed E-state index contributed by atoms with van der Waals surface area (Å²) in [7, 11) is 0. The van der Waals surface area contributed by atoms with Crippen molar-refractivity contribution in [1.29, 1.82) is 0 Å². The molecule has 1 aliphatic carbocycles. The second-order valence-electron chi connectivity index (χ2n) is 7.27. The molecule has 1 fully saturated rings. The number of nitrogens with zero attached hydrogens (tertiary/aromatic N) is 1. The summed E-state index contributed by atoms with van der Waals surface area (Å²) in [6.07, 6.45) is 4.56. The molecule has 8 nitrogen and oxygen atoms in total. The molecule has 0 bridgehead atoms. The fraction of sp³-hybridized carbons (Fsp3) is 0.688. The number of alkyl carbamates (subject to hydrolysis) is 1. The number of rotatable bonds is 7. The summed E-state index contributed by atoms with van der Waals surface area (Å²) >= 11 is 0. The number of hydrogen-bond acceptors (Lipinski definition) is 5. The zero-order valence-corrected chi connectivity index (χ0v) is 14.4. The summed E-state index contributed by atoms with van der Waals surface area (Å²) in [5.74, 6) is -0.155. The Morgan fingerprint density at radius 3 is 2.67 bits per heavy atom. The minimum absolute atomic E-state index is 0.155. The van der Waals surface area contributed by atoms with E-state index >= 15 is 0 Å². The molecular formula is C16H26N4O4. The average molecular weight is 338 g/mol. The maximum absolute atomic E-state index is 12.5. The van der Waals surface area contributed by atoms with Crippen LogP contribution < -0.4 is 10.6 Å². The maximum Gasteiger partial charge on any atom is 0.407 e. The van der Waals surface area contributed by atoms with Crippen LogP contribution in [0.2, 0.25) is 0 Å². The second-order valence-corrected chi connectivity index (χ2v) is 7.27. The van der Waals surface area contributed by atoms with Crippen molar-refractivity contribution in [2.75, 3.05) is 13.2 Å². The highest BCUT2D eigenvalue weighted by atomic mass is 16.6. The molecule has 0 unspecified atom stereocenters. The van der Waals surface area contributed by atoms with E-state index < -0.39 is 23.2 Å². The van der Waals surface area contributed by atoms with Crippen LogP contribution in [0.25, 0.3) is 0 Å². The Labute approximate surface area is 141 Å². The number of imidazole rings is 1. The summed E-state index contributed by atoms with van der Waals surface area (Å²) in [5, 5.41) is 15.0. The van der Waals surface area contributed by atoms with Gasteiger partial charge in [-0.05, 0) is 33.6 Å². The van der Waals surface area contributed by atoms with Crippen molar-refractivity contribution in [3.8, 4) is 0 Å². The van der Waals surface area contributed by atoms with E-state index in [2.05, 4.69) is 20.6 Å². The monoisotopic (exact) mass is 338 g/mol. The van der Waals surface area contributed by atoms with Crippen LogP contribution in [0.4, 0.5) is 4.79 Å². The fourth-order valence-corrected chi connectivity index (χ4v) is 2.35. The van der Waals surface area contributed by atoms with Gasteiger partial charge < -0.3 is 25.5 Å². The Morgan fingerprint density at radius 2 is 2.17 bits per heavy atom. The lowest BCUT2D eigenvalue weighted by molar-refractivity contribution is -0.127. The molecule has 1 saturated carbocycles. The highest BCUT2D eigenvalue weighted by Gasteiger charge is 2.50. The molecular weight excluding hydrogens is 312 g/mol. The van der Waals surface area contributed by atoms with Crippen molar-refractivity contribution in [2.45, 2.75) is 51.7 Å². The van der Waals surface area contributed by atoms with Gasteiger partial charge in [-0.15, -0.1) is 0 Å². The molecule has 1 atom stereocenters. The second kappa shape index (κ2) is 7.21. The molecule has 1 aromatic rings. The average Bonchev–Trinajstić information content (AvgIpc) is 3.12. The number of carbonyl (C=O) groups excluding carboxylic acids is 2. The quantitative estimate of drug-likeness (QED) is 0.585. The van der Waals surface area contributed by atoms with Crippen LogP contribution in [0, 0.1) is 5.41 Å². The molecule has 8 heteroatoms. The lowest BCUT2D eigenvalue weighted by atomic mass is 10.0. The van der Waals surface area contributed by atoms with Gasteiger partial charge in [-0.1, -0.05) is 0 Å². The first-order valence-electron chi connectivity index (χ1n) is 8.10. The summed E-state index contributed by atoms with van der Waals surface area (Å²) < 4.78 is 5.18. The zero-order valence-electron chi connectivity index (χ0n) is 14.4. The van der Waals surface area contributed by atoms with Gasteiger partial charge in [0, 0.05) is 24.9 Å². The Balaban J connectivity index is 1.83. The van der Waals surface area contributed by atoms with E-state index in [1.165, 1.54) is 0 Å². The Hall–Kier alpha value is -2.09. The first kappa shape index (κ1) is 18.3. The zero-order chi connectivity index (χ0) is 17.8. The molecule has 0 aliphatic heterocycles. The molecule has 0 aromatic carbocycles. The largest absolute Gasteiger partial charge is 0.444 e. The lowest BCUT2D eigenvalue weighted by Crippen LogP contribution is -2.47. The highest BCUT2D eigenvalue weighted by molar-refractivity contribution is 5.86. The fourth-order valence-electron chi connectivity index (χ4n) is 2.35. The van der Waals surface area contributed by atoms with Gasteiger partial charge in [0.1, 0.15) is 5.60 Å². The van der Waals surface area contributed by atoms with Crippen LogP contribution in [0.15, 0.2) is 12.5 Å². The van der Waals surface area contributed by atoms with E-state index in [1.807, 2.05) is 0 Å². The lowest BCUT2D eigenvalue weighted by Gasteiger charge is -2.23. The SMILES string of the molecule is CC(C)(C)OC(=O)NCC1(C(=O)N[C@H](CO)Cc2cnc[nH]2)CC1. The number of aliphatic hydroxyl groups excluding tert-OH is 1. The first-order valence-corrected chi connectivity index (χ1v) is 8.10. The van der Waals surface area contributed by atoms with Gasteiger partial charge in [-0.2, -0.15) is 0 Å². The van der Waals surface area contributed by atoms with Crippen molar-refractivity contribution < 1.29 is 19.4 Å². The summed E-state index contributed by atoms with van der Waals surface area (Å²) in [4.78, 5) is 31.1. The van der Waals surface area contributed by atoms with Crippen molar-refractivity contribution >= 4 is 12.0 Å². The predicted molar refractivity (Wildman–Crippen MR) is 87.2 cm³/mol. The van der Waals surface area contributed by atoms with Gasteiger partial charge in [0.15, 0.2) is 0 Å². The van der Waals surface area contributed by atoms with Gasteiger partial charge in [0.2, 0.25) is 5.91 Å². The molecule has 0 saturated heterocycles. The molecule has 134 valence electrons. The number of hydrogen-bond donors (Lipinski definition) is 4. The highest BCUT2D eigenvalue weighted by Crippen LogP contribution is 2.45. The van der Waals surface area contributed by atoms with Crippen LogP contribution in [0.5, 0.6) is 0 Å². The number of carbonyl (C=O) groups is 2. The van der Waals surface area contributed by atoms with E-state index in [-0.39, 0.29) is 19.1 Å². The number of aliphatic hydroxyl groups is 1. The van der Waals surface area contributed by atoms with Crippen molar-refractivity contribution in [2.24, 2.45) is 5.41 Å². The third-order valence-electron chi connectivity index (χ3n) is 3.88. The van der Waals surface area contributed by atoms with E-state index in [1.54, 1.807) is 33.3 Å². The number of aromatic amines is 1. The first-order chi connectivity index (χ1) is 11.2. The molecule has 1 heterocycles. The summed E-state index contributed by atoms with van der Waals surface area (Å²) in [6, 6.07) is -0.392. The van der Waals surface area contributed by atoms with Gasteiger partial charge >= 0.3 is 6.09 Å². The number of H-pyrrole nitrogens is 1. The Kier molecular flexibility index (Phi) is 5.48. The van der Waals surface area contributed by atoms with Gasteiger partial charge in [-0.25, -0.2) is 9.78 Å². The number of ether oxygens (including phenoxy) is 1. The van der Waals surface area contributed by atoms with Crippen LogP contribution in [0.1, 0.15) is 39.3 Å². The van der Waals surface area contributed by atoms with Crippen LogP contribution >= 0.6 is 0 Å². The standard InChI is InChI=1S/C16H26N4O4/c1-15(2,3)24-14(23)18-9-16(4-5-16)13(22)20-12(8-21)6-11-7-17-10-19-11/h7,10,12,21H,4-6,8-9H2,1-3H3,(H,17,19)(H,18,23)(H,20,22)/t12-/m0/s1. The normalized spacial score (nSPS) is 17.0. The van der Waals surface area contributed by atoms with Gasteiger partial charge in [0.05, 0.1) is 24.4 Å². The maximum atomic E-state index is 12.5. The third-order valence-corrected chi connectivity index (χ3v) is 3.88. The molecule has 4 N–H and O–H groups in total. The van der Waals surface area contributed by atoms with Gasteiger partial charge in [-0.3, -0.25) is 4.79 Å². The summed E-state index contributed by atoms with van der Waals surface area (Å²) in [6.45, 7) is 5.42. The molecule has 1 aliphatic rings. The van der Waals surface area contributed by atoms with Crippen molar-refractivity contribution in [3.63, 3.8) is 0 Å². The number of aromatic nitrogens is 2. The number of amides is 2. The molecule has 0 radical (unpaired) electrons. The minimum atomic E-state index is -0.599. The van der Waals surface area contributed by atoms with Crippen LogP contribution in [-0.2, 0) is 16.0 Å². The molecule has 24 heavy (non-hydrogen) atoms. The molecule has 2 amide bonds. The molecule has 2 rings (SSSR count). The van der Waals surface area contributed by atoms with Crippen LogP contribution in [-0.4, -0.2) is 51.9 Å². The van der Waals surface area contributed by atoms with E-state index in [0.717, 1.165) is 5.69 Å². The Morgan fingerprint density at radius 1 is 1.46 bits per heavy atom. The molecule has 0 spiro atoms. The van der Waals surface area contributed by atoms with E-state index in [9.17, 15) is 14.7 Å². The topological polar surface area (TPSA) is 116 Å². The number of nitrogens with one attached hydrogen (secondary N) is 3. The van der Waals surface area contributed by atoms with Crippen LogP contribution in [0.3, 0.4) is 0 Å². The van der Waals surface area contributed by atoms with E-state index in [0.29, 0.717) is 19.3 Å². The Bertz CT molecular complexity index is 561. The van der Waals surface area contributed by atoms with Crippen molar-refractivity contribution in [3.05, 3.63) is 18.2 Å². The molecule has 1 aromatic heterocycles. The summed E-state index contributed by atoms with van der Waals surface area (Å²) in [5.41, 5.74) is -0.334. The minimum Gasteiger partial charge on any atom is -0.444 e. The van der Waals surface area contributed by atoms with E-state index in [4.69, 9.17) is 4.74 Å².